The summed E-state index contributed by atoms with van der Waals surface area (Å²) in [6.45, 7) is 5.53. The lowest BCUT2D eigenvalue weighted by atomic mass is 10.1. The number of aromatic nitrogens is 1. The standard InChI is InChI=1S/C22H28N4OS/c1-15-13-16(2)20-19(14-15)28-22(23-20)26(12-11-24(3)4)21(27)17-7-9-18(10-8-17)25(5)6/h7-10,13-14H,11-12H2,1-6H3. The predicted molar refractivity (Wildman–Crippen MR) is 120 cm³/mol. The highest BCUT2D eigenvalue weighted by molar-refractivity contribution is 7.22. The molecule has 6 heteroatoms. The van der Waals surface area contributed by atoms with Gasteiger partial charge < -0.3 is 9.80 Å². The zero-order chi connectivity index (χ0) is 20.4. The van der Waals surface area contributed by atoms with Crippen LogP contribution in [0.15, 0.2) is 36.4 Å². The lowest BCUT2D eigenvalue weighted by Gasteiger charge is -2.22. The van der Waals surface area contributed by atoms with Crippen molar-refractivity contribution in [3.8, 4) is 0 Å². The van der Waals surface area contributed by atoms with Crippen LogP contribution in [0, 0.1) is 13.8 Å². The van der Waals surface area contributed by atoms with Crippen molar-refractivity contribution in [1.29, 1.82) is 0 Å². The van der Waals surface area contributed by atoms with Gasteiger partial charge in [-0.1, -0.05) is 17.4 Å². The van der Waals surface area contributed by atoms with Crippen molar-refractivity contribution in [2.45, 2.75) is 13.8 Å². The number of carbonyl (C=O) groups is 1. The van der Waals surface area contributed by atoms with Crippen LogP contribution in [0.5, 0.6) is 0 Å². The molecule has 0 N–H and O–H groups in total. The molecule has 3 aromatic rings. The molecule has 0 bridgehead atoms. The first kappa shape index (κ1) is 20.3. The minimum Gasteiger partial charge on any atom is -0.378 e. The smallest absolute Gasteiger partial charge is 0.260 e. The Morgan fingerprint density at radius 2 is 1.68 bits per heavy atom. The summed E-state index contributed by atoms with van der Waals surface area (Å²) in [7, 11) is 8.01. The molecule has 0 saturated carbocycles. The average Bonchev–Trinajstić information content (AvgIpc) is 3.05. The van der Waals surface area contributed by atoms with Crippen molar-refractivity contribution in [3.63, 3.8) is 0 Å². The molecule has 3 rings (SSSR count). The first-order valence-corrected chi connectivity index (χ1v) is 10.2. The number of fused-ring (bicyclic) bond motifs is 1. The largest absolute Gasteiger partial charge is 0.378 e. The molecule has 148 valence electrons. The molecular formula is C22H28N4OS. The third-order valence-corrected chi connectivity index (χ3v) is 5.72. The molecule has 1 amide bonds. The van der Waals surface area contributed by atoms with E-state index < -0.39 is 0 Å². The molecule has 5 nitrogen and oxygen atoms in total. The number of nitrogens with zero attached hydrogens (tertiary/aromatic N) is 4. The Balaban J connectivity index is 1.98. The second kappa shape index (κ2) is 8.29. The highest BCUT2D eigenvalue weighted by atomic mass is 32.1. The molecule has 0 radical (unpaired) electrons. The number of amides is 1. The molecule has 0 fully saturated rings. The number of hydrogen-bond acceptors (Lipinski definition) is 5. The van der Waals surface area contributed by atoms with Crippen LogP contribution in [0.3, 0.4) is 0 Å². The van der Waals surface area contributed by atoms with Gasteiger partial charge in [0.05, 0.1) is 10.2 Å². The molecular weight excluding hydrogens is 368 g/mol. The highest BCUT2D eigenvalue weighted by Crippen LogP contribution is 2.32. The summed E-state index contributed by atoms with van der Waals surface area (Å²) in [5.41, 5.74) is 5.09. The summed E-state index contributed by atoms with van der Waals surface area (Å²) in [5, 5.41) is 0.757. The number of likely N-dealkylation sites (N-methyl/N-ethyl adjacent to an activating group) is 1. The molecule has 0 unspecified atom stereocenters. The van der Waals surface area contributed by atoms with Gasteiger partial charge in [0.25, 0.3) is 5.91 Å². The van der Waals surface area contributed by atoms with Crippen LogP contribution in [-0.2, 0) is 0 Å². The number of aryl methyl sites for hydroxylation is 2. The Labute approximate surface area is 171 Å². The van der Waals surface area contributed by atoms with Crippen LogP contribution in [0.25, 0.3) is 10.2 Å². The van der Waals surface area contributed by atoms with E-state index in [4.69, 9.17) is 4.98 Å². The van der Waals surface area contributed by atoms with Crippen molar-refractivity contribution < 1.29 is 4.79 Å². The van der Waals surface area contributed by atoms with Gasteiger partial charge in [0, 0.05) is 38.4 Å². The van der Waals surface area contributed by atoms with E-state index in [-0.39, 0.29) is 5.91 Å². The Morgan fingerprint density at radius 1 is 1.00 bits per heavy atom. The monoisotopic (exact) mass is 396 g/mol. The van der Waals surface area contributed by atoms with Gasteiger partial charge in [-0.05, 0) is 69.4 Å². The van der Waals surface area contributed by atoms with Crippen molar-refractivity contribution in [2.24, 2.45) is 0 Å². The maximum Gasteiger partial charge on any atom is 0.260 e. The topological polar surface area (TPSA) is 39.7 Å². The molecule has 0 aliphatic rings. The van der Waals surface area contributed by atoms with Gasteiger partial charge in [-0.3, -0.25) is 9.69 Å². The van der Waals surface area contributed by atoms with Crippen LogP contribution >= 0.6 is 11.3 Å². The summed E-state index contributed by atoms with van der Waals surface area (Å²) in [6.07, 6.45) is 0. The van der Waals surface area contributed by atoms with Crippen molar-refractivity contribution in [2.75, 3.05) is 51.1 Å². The number of carbonyl (C=O) groups excluding carboxylic acids is 1. The van der Waals surface area contributed by atoms with Crippen LogP contribution in [0.2, 0.25) is 0 Å². The van der Waals surface area contributed by atoms with E-state index in [0.29, 0.717) is 12.1 Å². The third-order valence-electron chi connectivity index (χ3n) is 4.70. The fraction of sp³-hybridized carbons (Fsp3) is 0.364. The van der Waals surface area contributed by atoms with Gasteiger partial charge >= 0.3 is 0 Å². The highest BCUT2D eigenvalue weighted by Gasteiger charge is 2.22. The molecule has 0 aliphatic carbocycles. The fourth-order valence-electron chi connectivity index (χ4n) is 3.12. The second-order valence-electron chi connectivity index (χ2n) is 7.63. The number of thiazole rings is 1. The first-order valence-electron chi connectivity index (χ1n) is 9.38. The molecule has 0 spiro atoms. The van der Waals surface area contributed by atoms with E-state index in [1.165, 1.54) is 5.56 Å². The van der Waals surface area contributed by atoms with Crippen LogP contribution in [0.4, 0.5) is 10.8 Å². The fourth-order valence-corrected chi connectivity index (χ4v) is 4.28. The van der Waals surface area contributed by atoms with E-state index >= 15 is 0 Å². The summed E-state index contributed by atoms with van der Waals surface area (Å²) in [4.78, 5) is 24.1. The van der Waals surface area contributed by atoms with Gasteiger partial charge in [0.1, 0.15) is 0 Å². The molecule has 28 heavy (non-hydrogen) atoms. The van der Waals surface area contributed by atoms with Crippen LogP contribution in [0.1, 0.15) is 21.5 Å². The minimum atomic E-state index is -0.0133. The van der Waals surface area contributed by atoms with E-state index in [0.717, 1.165) is 33.1 Å². The van der Waals surface area contributed by atoms with Crippen molar-refractivity contribution >= 4 is 38.3 Å². The number of benzene rings is 2. The number of hydrogen-bond donors (Lipinski definition) is 0. The Hall–Kier alpha value is -2.44. The maximum atomic E-state index is 13.3. The normalized spacial score (nSPS) is 11.2. The molecule has 0 aliphatic heterocycles. The van der Waals surface area contributed by atoms with Gasteiger partial charge in [0.2, 0.25) is 0 Å². The average molecular weight is 397 g/mol. The molecule has 1 aromatic heterocycles. The van der Waals surface area contributed by atoms with E-state index in [1.807, 2.05) is 62.3 Å². The predicted octanol–water partition coefficient (Wildman–Crippen LogP) is 4.19. The van der Waals surface area contributed by atoms with E-state index in [9.17, 15) is 4.79 Å². The minimum absolute atomic E-state index is 0.0133. The summed E-state index contributed by atoms with van der Waals surface area (Å²) in [5.74, 6) is -0.0133. The summed E-state index contributed by atoms with van der Waals surface area (Å²) in [6, 6.07) is 12.0. The maximum absolute atomic E-state index is 13.3. The first-order chi connectivity index (χ1) is 13.3. The zero-order valence-electron chi connectivity index (χ0n) is 17.5. The molecule has 2 aromatic carbocycles. The second-order valence-corrected chi connectivity index (χ2v) is 8.64. The lowest BCUT2D eigenvalue weighted by molar-refractivity contribution is 0.0985. The molecule has 0 atom stereocenters. The van der Waals surface area contributed by atoms with Crippen LogP contribution in [-0.4, -0.2) is 57.1 Å². The Morgan fingerprint density at radius 3 is 2.29 bits per heavy atom. The quantitative estimate of drug-likeness (QED) is 0.626. The van der Waals surface area contributed by atoms with E-state index in [1.54, 1.807) is 11.3 Å². The van der Waals surface area contributed by atoms with Gasteiger partial charge in [-0.2, -0.15) is 0 Å². The SMILES string of the molecule is Cc1cc(C)c2nc(N(CCN(C)C)C(=O)c3ccc(N(C)C)cc3)sc2c1. The lowest BCUT2D eigenvalue weighted by Crippen LogP contribution is -2.36. The zero-order valence-corrected chi connectivity index (χ0v) is 18.3. The van der Waals surface area contributed by atoms with Crippen molar-refractivity contribution in [1.82, 2.24) is 9.88 Å². The van der Waals surface area contributed by atoms with E-state index in [2.05, 4.69) is 30.9 Å². The molecule has 0 saturated heterocycles. The Kier molecular flexibility index (Phi) is 6.01. The van der Waals surface area contributed by atoms with Gasteiger partial charge in [-0.25, -0.2) is 4.98 Å². The van der Waals surface area contributed by atoms with Crippen LogP contribution < -0.4 is 9.80 Å². The summed E-state index contributed by atoms with van der Waals surface area (Å²) >= 11 is 1.58. The Bertz CT molecular complexity index is 976. The number of anilines is 2. The van der Waals surface area contributed by atoms with Crippen molar-refractivity contribution in [3.05, 3.63) is 53.1 Å². The van der Waals surface area contributed by atoms with Gasteiger partial charge in [-0.15, -0.1) is 0 Å². The summed E-state index contributed by atoms with van der Waals surface area (Å²) < 4.78 is 1.12. The molecule has 1 heterocycles. The number of rotatable bonds is 6. The van der Waals surface area contributed by atoms with Gasteiger partial charge in [0.15, 0.2) is 5.13 Å². The third kappa shape index (κ3) is 4.34.